The van der Waals surface area contributed by atoms with Gasteiger partial charge in [0.05, 0.1) is 22.8 Å². The van der Waals surface area contributed by atoms with Gasteiger partial charge >= 0.3 is 6.18 Å². The van der Waals surface area contributed by atoms with Crippen molar-refractivity contribution in [3.05, 3.63) is 39.6 Å². The molecule has 0 N–H and O–H groups in total. The van der Waals surface area contributed by atoms with Gasteiger partial charge in [-0.1, -0.05) is 30.1 Å². The van der Waals surface area contributed by atoms with E-state index in [-0.39, 0.29) is 24.2 Å². The fourth-order valence-corrected chi connectivity index (χ4v) is 4.13. The van der Waals surface area contributed by atoms with Gasteiger partial charge in [-0.25, -0.2) is 0 Å². The van der Waals surface area contributed by atoms with Crippen molar-refractivity contribution in [2.24, 2.45) is 0 Å². The summed E-state index contributed by atoms with van der Waals surface area (Å²) < 4.78 is 45.5. The number of anilines is 1. The zero-order valence-electron chi connectivity index (χ0n) is 17.3. The molecule has 0 aliphatic carbocycles. The molecular formula is C20H23Cl2F3N4O2. The summed E-state index contributed by atoms with van der Waals surface area (Å²) in [4.78, 5) is 16.8. The molecule has 0 saturated carbocycles. The SMILES string of the molecule is CCC1CN(c2ccc(Cl)c(OC)c2)CCN1C(=O)Cn1nc(C(F)(F)F)c(Cl)c1C. The summed E-state index contributed by atoms with van der Waals surface area (Å²) in [5.41, 5.74) is -0.133. The Morgan fingerprint density at radius 2 is 2.00 bits per heavy atom. The van der Waals surface area contributed by atoms with Crippen molar-refractivity contribution < 1.29 is 22.7 Å². The Balaban J connectivity index is 1.74. The third kappa shape index (κ3) is 4.87. The van der Waals surface area contributed by atoms with Crippen LogP contribution in [0.4, 0.5) is 18.9 Å². The maximum atomic E-state index is 13.1. The molecule has 1 fully saturated rings. The van der Waals surface area contributed by atoms with Gasteiger partial charge in [0.15, 0.2) is 5.69 Å². The molecule has 1 aromatic heterocycles. The lowest BCUT2D eigenvalue weighted by molar-refractivity contribution is -0.142. The molecule has 1 saturated heterocycles. The standard InChI is InChI=1S/C20H23Cl2F3N4O2/c1-4-13-10-27(14-5-6-15(21)16(9-14)31-3)7-8-28(13)17(30)11-29-12(2)18(22)19(26-29)20(23,24)25/h5-6,9,13H,4,7-8,10-11H2,1-3H3. The average Bonchev–Trinajstić information content (AvgIpc) is 3.02. The normalized spacial score (nSPS) is 17.2. The number of hydrogen-bond acceptors (Lipinski definition) is 4. The van der Waals surface area contributed by atoms with E-state index in [1.807, 2.05) is 19.1 Å². The summed E-state index contributed by atoms with van der Waals surface area (Å²) in [6, 6.07) is 5.40. The molecule has 11 heteroatoms. The van der Waals surface area contributed by atoms with E-state index < -0.39 is 16.9 Å². The van der Waals surface area contributed by atoms with E-state index in [4.69, 9.17) is 27.9 Å². The first-order chi connectivity index (χ1) is 14.6. The van der Waals surface area contributed by atoms with Crippen LogP contribution in [0.15, 0.2) is 18.2 Å². The molecule has 170 valence electrons. The highest BCUT2D eigenvalue weighted by atomic mass is 35.5. The number of hydrogen-bond donors (Lipinski definition) is 0. The van der Waals surface area contributed by atoms with Crippen molar-refractivity contribution >= 4 is 34.8 Å². The molecule has 1 aliphatic rings. The van der Waals surface area contributed by atoms with Crippen molar-refractivity contribution in [1.29, 1.82) is 0 Å². The lowest BCUT2D eigenvalue weighted by atomic mass is 10.1. The van der Waals surface area contributed by atoms with E-state index in [1.54, 1.807) is 18.1 Å². The molecule has 1 aliphatic heterocycles. The maximum Gasteiger partial charge on any atom is 0.436 e. The molecule has 31 heavy (non-hydrogen) atoms. The zero-order chi connectivity index (χ0) is 22.9. The van der Waals surface area contributed by atoms with Crippen LogP contribution in [0.1, 0.15) is 24.7 Å². The zero-order valence-corrected chi connectivity index (χ0v) is 18.9. The monoisotopic (exact) mass is 478 g/mol. The number of benzene rings is 1. The quantitative estimate of drug-likeness (QED) is 0.627. The van der Waals surface area contributed by atoms with Crippen LogP contribution in [-0.2, 0) is 17.5 Å². The van der Waals surface area contributed by atoms with Crippen molar-refractivity contribution in [3.8, 4) is 5.75 Å². The van der Waals surface area contributed by atoms with Crippen LogP contribution >= 0.6 is 23.2 Å². The fraction of sp³-hybridized carbons (Fsp3) is 0.500. The van der Waals surface area contributed by atoms with Gasteiger partial charge in [0.2, 0.25) is 5.91 Å². The van der Waals surface area contributed by atoms with Gasteiger partial charge in [0, 0.05) is 37.4 Å². The van der Waals surface area contributed by atoms with Crippen LogP contribution in [-0.4, -0.2) is 53.4 Å². The highest BCUT2D eigenvalue weighted by Crippen LogP contribution is 2.35. The molecule has 1 unspecified atom stereocenters. The van der Waals surface area contributed by atoms with Crippen LogP contribution in [0.2, 0.25) is 10.0 Å². The molecule has 2 aromatic rings. The van der Waals surface area contributed by atoms with E-state index >= 15 is 0 Å². The number of piperazine rings is 1. The first kappa shape index (κ1) is 23.5. The number of amides is 1. The van der Waals surface area contributed by atoms with Crippen molar-refractivity contribution in [2.45, 2.75) is 39.0 Å². The van der Waals surface area contributed by atoms with Gasteiger partial charge in [-0.15, -0.1) is 0 Å². The summed E-state index contributed by atoms with van der Waals surface area (Å²) in [6.07, 6.45) is -3.98. The summed E-state index contributed by atoms with van der Waals surface area (Å²) in [6.45, 7) is 4.67. The second-order valence-electron chi connectivity index (χ2n) is 7.32. The number of ether oxygens (including phenoxy) is 1. The molecule has 2 heterocycles. The van der Waals surface area contributed by atoms with Crippen molar-refractivity contribution in [3.63, 3.8) is 0 Å². The van der Waals surface area contributed by atoms with E-state index in [2.05, 4.69) is 10.00 Å². The summed E-state index contributed by atoms with van der Waals surface area (Å²) in [5, 5.41) is 3.57. The van der Waals surface area contributed by atoms with E-state index in [9.17, 15) is 18.0 Å². The number of carbonyl (C=O) groups excluding carboxylic acids is 1. The predicted molar refractivity (Wildman–Crippen MR) is 113 cm³/mol. The summed E-state index contributed by atoms with van der Waals surface area (Å²) >= 11 is 11.9. The second-order valence-corrected chi connectivity index (χ2v) is 8.10. The molecule has 1 atom stereocenters. The molecule has 0 bridgehead atoms. The van der Waals surface area contributed by atoms with Gasteiger partial charge in [0.25, 0.3) is 0 Å². The molecule has 1 amide bonds. The molecule has 0 spiro atoms. The van der Waals surface area contributed by atoms with Crippen LogP contribution in [0, 0.1) is 6.92 Å². The summed E-state index contributed by atoms with van der Waals surface area (Å²) in [7, 11) is 1.55. The first-order valence-corrected chi connectivity index (χ1v) is 10.5. The highest BCUT2D eigenvalue weighted by Gasteiger charge is 2.39. The smallest absolute Gasteiger partial charge is 0.436 e. The average molecular weight is 479 g/mol. The van der Waals surface area contributed by atoms with Gasteiger partial charge in [0.1, 0.15) is 12.3 Å². The third-order valence-electron chi connectivity index (χ3n) is 5.46. The van der Waals surface area contributed by atoms with Crippen LogP contribution < -0.4 is 9.64 Å². The number of rotatable bonds is 5. The minimum absolute atomic E-state index is 0.101. The van der Waals surface area contributed by atoms with Gasteiger partial charge in [-0.05, 0) is 25.5 Å². The minimum atomic E-state index is -4.67. The second kappa shape index (κ2) is 9.16. The van der Waals surface area contributed by atoms with Crippen LogP contribution in [0.3, 0.4) is 0 Å². The Hall–Kier alpha value is -2.13. The Morgan fingerprint density at radius 3 is 2.58 bits per heavy atom. The summed E-state index contributed by atoms with van der Waals surface area (Å²) in [5.74, 6) is 0.272. The van der Waals surface area contributed by atoms with Crippen LogP contribution in [0.25, 0.3) is 0 Å². The van der Waals surface area contributed by atoms with E-state index in [0.717, 1.165) is 10.4 Å². The Bertz CT molecular complexity index is 965. The predicted octanol–water partition coefficient (Wildman–Crippen LogP) is 4.65. The number of alkyl halides is 3. The van der Waals surface area contributed by atoms with Crippen LogP contribution in [0.5, 0.6) is 5.75 Å². The highest BCUT2D eigenvalue weighted by molar-refractivity contribution is 6.32. The topological polar surface area (TPSA) is 50.6 Å². The lowest BCUT2D eigenvalue weighted by Gasteiger charge is -2.42. The van der Waals surface area contributed by atoms with Gasteiger partial charge < -0.3 is 14.5 Å². The fourth-order valence-electron chi connectivity index (χ4n) is 3.69. The molecular weight excluding hydrogens is 456 g/mol. The molecule has 6 nitrogen and oxygen atoms in total. The number of halogens is 5. The van der Waals surface area contributed by atoms with E-state index in [1.165, 1.54) is 6.92 Å². The molecule has 1 aromatic carbocycles. The Morgan fingerprint density at radius 1 is 1.29 bits per heavy atom. The maximum absolute atomic E-state index is 13.1. The van der Waals surface area contributed by atoms with Gasteiger partial charge in [-0.3, -0.25) is 9.48 Å². The Labute approximate surface area is 188 Å². The van der Waals surface area contributed by atoms with Crippen molar-refractivity contribution in [1.82, 2.24) is 14.7 Å². The van der Waals surface area contributed by atoms with Gasteiger partial charge in [-0.2, -0.15) is 18.3 Å². The lowest BCUT2D eigenvalue weighted by Crippen LogP contribution is -2.55. The van der Waals surface area contributed by atoms with Crippen molar-refractivity contribution in [2.75, 3.05) is 31.6 Å². The van der Waals surface area contributed by atoms with E-state index in [0.29, 0.717) is 36.8 Å². The number of aromatic nitrogens is 2. The molecule has 0 radical (unpaired) electrons. The number of carbonyl (C=O) groups is 1. The third-order valence-corrected chi connectivity index (χ3v) is 6.23. The Kier molecular flexibility index (Phi) is 6.95. The molecule has 3 rings (SSSR count). The first-order valence-electron chi connectivity index (χ1n) is 9.74. The number of nitrogens with zero attached hydrogens (tertiary/aromatic N) is 4. The number of methoxy groups -OCH3 is 1. The largest absolute Gasteiger partial charge is 0.495 e. The minimum Gasteiger partial charge on any atom is -0.495 e.